The molecule has 1 aliphatic rings. The molecule has 4 heteroatoms. The van der Waals surface area contributed by atoms with Crippen molar-refractivity contribution in [2.24, 2.45) is 0 Å². The highest BCUT2D eigenvalue weighted by molar-refractivity contribution is 7.99. The van der Waals surface area contributed by atoms with Crippen molar-refractivity contribution < 1.29 is 4.79 Å². The molecular weight excluding hydrogens is 304 g/mol. The predicted octanol–water partition coefficient (Wildman–Crippen LogP) is 3.34. The number of rotatable bonds is 4. The Kier molecular flexibility index (Phi) is 5.12. The zero-order valence-corrected chi connectivity index (χ0v) is 13.7. The Morgan fingerprint density at radius 3 is 2.43 bits per heavy atom. The summed E-state index contributed by atoms with van der Waals surface area (Å²) in [6.45, 7) is 2.90. The molecule has 0 aliphatic carbocycles. The van der Waals surface area contributed by atoms with Crippen molar-refractivity contribution in [3.8, 4) is 6.07 Å². The van der Waals surface area contributed by atoms with Crippen LogP contribution in [0.15, 0.2) is 48.5 Å². The second-order valence-electron chi connectivity index (χ2n) is 5.53. The molecule has 0 amide bonds. The number of benzene rings is 2. The van der Waals surface area contributed by atoms with Crippen LogP contribution in [-0.2, 0) is 6.54 Å². The van der Waals surface area contributed by atoms with Crippen LogP contribution in [0.2, 0.25) is 0 Å². The summed E-state index contributed by atoms with van der Waals surface area (Å²) in [7, 11) is 0. The van der Waals surface area contributed by atoms with E-state index in [9.17, 15) is 10.1 Å². The zero-order valence-electron chi connectivity index (χ0n) is 12.9. The fraction of sp³-hybridized carbons (Fsp3) is 0.263. The van der Waals surface area contributed by atoms with E-state index in [2.05, 4.69) is 11.0 Å². The summed E-state index contributed by atoms with van der Waals surface area (Å²) < 4.78 is 0. The first-order chi connectivity index (χ1) is 11.3. The van der Waals surface area contributed by atoms with Crippen LogP contribution in [0.3, 0.4) is 0 Å². The summed E-state index contributed by atoms with van der Waals surface area (Å²) in [5.74, 6) is 2.23. The lowest BCUT2D eigenvalue weighted by Gasteiger charge is -2.26. The SMILES string of the molecule is N#Cc1ccccc1C(=O)c1ccccc1CN1CCSCC1. The first-order valence-corrected chi connectivity index (χ1v) is 8.87. The van der Waals surface area contributed by atoms with E-state index in [4.69, 9.17) is 0 Å². The molecule has 0 radical (unpaired) electrons. The van der Waals surface area contributed by atoms with Gasteiger partial charge in [0, 0.05) is 42.3 Å². The number of nitrogens with zero attached hydrogens (tertiary/aromatic N) is 2. The molecule has 2 aromatic rings. The summed E-state index contributed by atoms with van der Waals surface area (Å²) in [4.78, 5) is 15.3. The summed E-state index contributed by atoms with van der Waals surface area (Å²) in [5.41, 5.74) is 2.66. The molecule has 116 valence electrons. The van der Waals surface area contributed by atoms with E-state index in [0.29, 0.717) is 16.7 Å². The molecule has 1 fully saturated rings. The molecule has 1 heterocycles. The van der Waals surface area contributed by atoms with Gasteiger partial charge in [0.15, 0.2) is 5.78 Å². The molecule has 23 heavy (non-hydrogen) atoms. The van der Waals surface area contributed by atoms with Crippen molar-refractivity contribution >= 4 is 17.5 Å². The number of thioether (sulfide) groups is 1. The smallest absolute Gasteiger partial charge is 0.194 e. The second-order valence-corrected chi connectivity index (χ2v) is 6.76. The van der Waals surface area contributed by atoms with Crippen molar-refractivity contribution in [1.82, 2.24) is 4.90 Å². The highest BCUT2D eigenvalue weighted by Crippen LogP contribution is 2.20. The van der Waals surface area contributed by atoms with Crippen molar-refractivity contribution in [3.63, 3.8) is 0 Å². The summed E-state index contributed by atoms with van der Waals surface area (Å²) in [6.07, 6.45) is 0. The lowest BCUT2D eigenvalue weighted by atomic mass is 9.95. The molecule has 1 aliphatic heterocycles. The number of nitriles is 1. The number of ketones is 1. The Morgan fingerprint density at radius 2 is 1.70 bits per heavy atom. The van der Waals surface area contributed by atoms with Crippen LogP contribution >= 0.6 is 11.8 Å². The predicted molar refractivity (Wildman–Crippen MR) is 93.6 cm³/mol. The van der Waals surface area contributed by atoms with Gasteiger partial charge in [-0.25, -0.2) is 0 Å². The molecule has 0 bridgehead atoms. The molecular formula is C19H18N2OS. The highest BCUT2D eigenvalue weighted by atomic mass is 32.2. The summed E-state index contributed by atoms with van der Waals surface area (Å²) in [6, 6.07) is 16.9. The minimum atomic E-state index is -0.0656. The lowest BCUT2D eigenvalue weighted by Crippen LogP contribution is -2.32. The average molecular weight is 322 g/mol. The van der Waals surface area contributed by atoms with Gasteiger partial charge in [0.05, 0.1) is 11.6 Å². The van der Waals surface area contributed by atoms with Gasteiger partial charge in [0.2, 0.25) is 0 Å². The van der Waals surface area contributed by atoms with Crippen LogP contribution in [0.5, 0.6) is 0 Å². The third-order valence-corrected chi connectivity index (χ3v) is 4.99. The van der Waals surface area contributed by atoms with Gasteiger partial charge in [0.25, 0.3) is 0 Å². The molecule has 0 saturated carbocycles. The molecule has 0 aromatic heterocycles. The van der Waals surface area contributed by atoms with Crippen LogP contribution in [0.25, 0.3) is 0 Å². The standard InChI is InChI=1S/C19H18N2OS/c20-13-15-5-1-3-7-17(15)19(22)18-8-4-2-6-16(18)14-21-9-11-23-12-10-21/h1-8H,9-12,14H2. The number of hydrogen-bond donors (Lipinski definition) is 0. The van der Waals surface area contributed by atoms with Gasteiger partial charge < -0.3 is 0 Å². The maximum atomic E-state index is 12.9. The van der Waals surface area contributed by atoms with Crippen molar-refractivity contribution in [1.29, 1.82) is 5.26 Å². The van der Waals surface area contributed by atoms with E-state index in [1.807, 2.05) is 36.0 Å². The first kappa shape index (κ1) is 15.8. The minimum absolute atomic E-state index is 0.0656. The van der Waals surface area contributed by atoms with E-state index in [0.717, 1.165) is 36.7 Å². The third kappa shape index (κ3) is 3.64. The summed E-state index contributed by atoms with van der Waals surface area (Å²) >= 11 is 1.98. The van der Waals surface area contributed by atoms with E-state index < -0.39 is 0 Å². The van der Waals surface area contributed by atoms with Gasteiger partial charge in [-0.2, -0.15) is 17.0 Å². The Hall–Kier alpha value is -2.09. The van der Waals surface area contributed by atoms with E-state index in [-0.39, 0.29) is 5.78 Å². The molecule has 0 spiro atoms. The van der Waals surface area contributed by atoms with E-state index >= 15 is 0 Å². The maximum Gasteiger partial charge on any atom is 0.194 e. The number of carbonyl (C=O) groups excluding carboxylic acids is 1. The average Bonchev–Trinajstić information content (AvgIpc) is 2.62. The van der Waals surface area contributed by atoms with Crippen molar-refractivity contribution in [2.75, 3.05) is 24.6 Å². The molecule has 2 aromatic carbocycles. The Bertz CT molecular complexity index is 745. The molecule has 3 nitrogen and oxygen atoms in total. The maximum absolute atomic E-state index is 12.9. The molecule has 1 saturated heterocycles. The minimum Gasteiger partial charge on any atom is -0.297 e. The van der Waals surface area contributed by atoms with Gasteiger partial charge in [-0.1, -0.05) is 36.4 Å². The first-order valence-electron chi connectivity index (χ1n) is 7.71. The number of hydrogen-bond acceptors (Lipinski definition) is 4. The molecule has 0 unspecified atom stereocenters. The topological polar surface area (TPSA) is 44.1 Å². The lowest BCUT2D eigenvalue weighted by molar-refractivity contribution is 0.103. The van der Waals surface area contributed by atoms with Crippen LogP contribution in [0.1, 0.15) is 27.0 Å². The third-order valence-electron chi connectivity index (χ3n) is 4.05. The van der Waals surface area contributed by atoms with Gasteiger partial charge >= 0.3 is 0 Å². The Labute approximate surface area is 140 Å². The highest BCUT2D eigenvalue weighted by Gasteiger charge is 2.18. The normalized spacial score (nSPS) is 15.1. The van der Waals surface area contributed by atoms with E-state index in [1.54, 1.807) is 24.3 Å². The monoisotopic (exact) mass is 322 g/mol. The van der Waals surface area contributed by atoms with Gasteiger partial charge in [-0.05, 0) is 17.7 Å². The van der Waals surface area contributed by atoms with Crippen LogP contribution in [-0.4, -0.2) is 35.3 Å². The molecule has 3 rings (SSSR count). The van der Waals surface area contributed by atoms with Crippen molar-refractivity contribution in [3.05, 3.63) is 70.8 Å². The van der Waals surface area contributed by atoms with E-state index in [1.165, 1.54) is 0 Å². The Morgan fingerprint density at radius 1 is 1.04 bits per heavy atom. The van der Waals surface area contributed by atoms with Crippen molar-refractivity contribution in [2.45, 2.75) is 6.54 Å². The molecule has 0 atom stereocenters. The quantitative estimate of drug-likeness (QED) is 0.810. The number of carbonyl (C=O) groups is 1. The van der Waals surface area contributed by atoms with Crippen LogP contribution < -0.4 is 0 Å². The van der Waals surface area contributed by atoms with Gasteiger partial charge in [-0.15, -0.1) is 0 Å². The molecule has 0 N–H and O–H groups in total. The zero-order chi connectivity index (χ0) is 16.1. The second kappa shape index (κ2) is 7.45. The largest absolute Gasteiger partial charge is 0.297 e. The fourth-order valence-electron chi connectivity index (χ4n) is 2.80. The summed E-state index contributed by atoms with van der Waals surface area (Å²) in [5, 5.41) is 9.23. The van der Waals surface area contributed by atoms with Crippen LogP contribution in [0, 0.1) is 11.3 Å². The fourth-order valence-corrected chi connectivity index (χ4v) is 3.78. The van der Waals surface area contributed by atoms with Gasteiger partial charge in [-0.3, -0.25) is 9.69 Å². The van der Waals surface area contributed by atoms with Gasteiger partial charge in [0.1, 0.15) is 0 Å². The Balaban J connectivity index is 1.90. The van der Waals surface area contributed by atoms with Crippen LogP contribution in [0.4, 0.5) is 0 Å².